The van der Waals surface area contributed by atoms with Crippen molar-refractivity contribution in [3.8, 4) is 5.75 Å². The van der Waals surface area contributed by atoms with E-state index in [1.54, 1.807) is 7.11 Å². The van der Waals surface area contributed by atoms with Gasteiger partial charge in [-0.1, -0.05) is 12.1 Å². The number of methoxy groups -OCH3 is 1. The molecule has 2 aromatic rings. The number of hydrogen-bond acceptors (Lipinski definition) is 3. The molecule has 0 aliphatic rings. The van der Waals surface area contributed by atoms with Crippen LogP contribution < -0.4 is 10.1 Å². The minimum atomic E-state index is -0.879. The van der Waals surface area contributed by atoms with Gasteiger partial charge < -0.3 is 15.0 Å². The summed E-state index contributed by atoms with van der Waals surface area (Å²) in [6.45, 7) is 0.274. The molecule has 0 heterocycles. The van der Waals surface area contributed by atoms with E-state index in [9.17, 15) is 13.6 Å². The summed E-state index contributed by atoms with van der Waals surface area (Å²) in [7, 11) is 5.35. The molecule has 6 heteroatoms. The minimum Gasteiger partial charge on any atom is -0.497 e. The molecule has 1 amide bonds. The molecule has 1 N–H and O–H groups in total. The summed E-state index contributed by atoms with van der Waals surface area (Å²) in [5, 5.41) is 2.69. The second-order valence-electron chi connectivity index (χ2n) is 5.59. The van der Waals surface area contributed by atoms with Gasteiger partial charge in [0.2, 0.25) is 0 Å². The van der Waals surface area contributed by atoms with E-state index >= 15 is 0 Å². The number of rotatable bonds is 6. The van der Waals surface area contributed by atoms with Crippen molar-refractivity contribution < 1.29 is 18.3 Å². The molecule has 128 valence electrons. The van der Waals surface area contributed by atoms with Crippen molar-refractivity contribution in [2.45, 2.75) is 6.04 Å². The highest BCUT2D eigenvalue weighted by atomic mass is 19.1. The summed E-state index contributed by atoms with van der Waals surface area (Å²) >= 11 is 0. The minimum absolute atomic E-state index is 0.118. The molecular formula is C18H20F2N2O2. The van der Waals surface area contributed by atoms with E-state index in [4.69, 9.17) is 4.74 Å². The Labute approximate surface area is 140 Å². The van der Waals surface area contributed by atoms with E-state index in [0.717, 1.165) is 23.4 Å². The molecule has 2 rings (SSSR count). The van der Waals surface area contributed by atoms with Crippen molar-refractivity contribution in [3.05, 3.63) is 65.2 Å². The average Bonchev–Trinajstić information content (AvgIpc) is 2.54. The molecule has 2 aromatic carbocycles. The number of carbonyl (C=O) groups is 1. The molecule has 0 radical (unpaired) electrons. The number of ether oxygens (including phenoxy) is 1. The standard InChI is InChI=1S/C18H20F2N2O2/c1-22(2)17(12-5-4-6-14(9-12)24-3)11-21-18(23)15-8-7-13(19)10-16(15)20/h4-10,17H,11H2,1-3H3,(H,21,23). The third-order valence-corrected chi connectivity index (χ3v) is 3.73. The number of likely N-dealkylation sites (N-methyl/N-ethyl adjacent to an activating group) is 1. The highest BCUT2D eigenvalue weighted by molar-refractivity contribution is 5.94. The van der Waals surface area contributed by atoms with Crippen LogP contribution in [0.1, 0.15) is 22.0 Å². The Morgan fingerprint density at radius 3 is 2.58 bits per heavy atom. The molecule has 0 aliphatic heterocycles. The normalized spacial score (nSPS) is 12.1. The van der Waals surface area contributed by atoms with Gasteiger partial charge in [-0.2, -0.15) is 0 Å². The predicted octanol–water partition coefficient (Wildman–Crippen LogP) is 3.01. The van der Waals surface area contributed by atoms with Crippen LogP contribution in [0.3, 0.4) is 0 Å². The highest BCUT2D eigenvalue weighted by Gasteiger charge is 2.18. The Balaban J connectivity index is 2.12. The van der Waals surface area contributed by atoms with Crippen LogP contribution in [0.15, 0.2) is 42.5 Å². The van der Waals surface area contributed by atoms with Gasteiger partial charge >= 0.3 is 0 Å². The number of amides is 1. The molecule has 24 heavy (non-hydrogen) atoms. The summed E-state index contributed by atoms with van der Waals surface area (Å²) < 4.78 is 31.8. The Morgan fingerprint density at radius 2 is 1.96 bits per heavy atom. The third kappa shape index (κ3) is 4.29. The lowest BCUT2D eigenvalue weighted by Gasteiger charge is -2.25. The quantitative estimate of drug-likeness (QED) is 0.883. The molecule has 0 spiro atoms. The zero-order chi connectivity index (χ0) is 17.7. The van der Waals surface area contributed by atoms with Crippen molar-refractivity contribution >= 4 is 5.91 Å². The molecule has 0 aromatic heterocycles. The third-order valence-electron chi connectivity index (χ3n) is 3.73. The van der Waals surface area contributed by atoms with Crippen LogP contribution in [0.4, 0.5) is 8.78 Å². The van der Waals surface area contributed by atoms with Gasteiger partial charge in [0.05, 0.1) is 18.7 Å². The van der Waals surface area contributed by atoms with Gasteiger partial charge in [0, 0.05) is 12.6 Å². The van der Waals surface area contributed by atoms with Crippen LogP contribution >= 0.6 is 0 Å². The summed E-state index contributed by atoms with van der Waals surface area (Å²) in [6.07, 6.45) is 0. The predicted molar refractivity (Wildman–Crippen MR) is 88.1 cm³/mol. The Hall–Kier alpha value is -2.47. The first kappa shape index (κ1) is 17.9. The number of nitrogens with zero attached hydrogens (tertiary/aromatic N) is 1. The number of benzene rings is 2. The summed E-state index contributed by atoms with van der Waals surface area (Å²) in [5.74, 6) is -1.46. The number of halogens is 2. The first-order chi connectivity index (χ1) is 11.4. The topological polar surface area (TPSA) is 41.6 Å². The highest BCUT2D eigenvalue weighted by Crippen LogP contribution is 2.22. The second kappa shape index (κ2) is 7.88. The summed E-state index contributed by atoms with van der Waals surface area (Å²) in [6, 6.07) is 10.3. The molecule has 0 aliphatic carbocycles. The average molecular weight is 334 g/mol. The van der Waals surface area contributed by atoms with Gasteiger partial charge in [0.15, 0.2) is 0 Å². The Morgan fingerprint density at radius 1 is 1.21 bits per heavy atom. The molecule has 1 unspecified atom stereocenters. The van der Waals surface area contributed by atoms with Gasteiger partial charge in [-0.15, -0.1) is 0 Å². The first-order valence-electron chi connectivity index (χ1n) is 7.46. The van der Waals surface area contributed by atoms with Crippen LogP contribution in [0.2, 0.25) is 0 Å². The van der Waals surface area contributed by atoms with Gasteiger partial charge in [0.1, 0.15) is 17.4 Å². The van der Waals surface area contributed by atoms with Gasteiger partial charge in [-0.3, -0.25) is 4.79 Å². The van der Waals surface area contributed by atoms with Crippen LogP contribution in [-0.2, 0) is 0 Å². The summed E-state index contributed by atoms with van der Waals surface area (Å²) in [4.78, 5) is 14.1. The van der Waals surface area contributed by atoms with Gasteiger partial charge in [-0.05, 0) is 43.9 Å². The molecule has 0 saturated heterocycles. The largest absolute Gasteiger partial charge is 0.497 e. The SMILES string of the molecule is COc1cccc(C(CNC(=O)c2ccc(F)cc2F)N(C)C)c1. The van der Waals surface area contributed by atoms with Gasteiger partial charge in [-0.25, -0.2) is 8.78 Å². The van der Waals surface area contributed by atoms with Crippen LogP contribution in [0.25, 0.3) is 0 Å². The van der Waals surface area contributed by atoms with Crippen molar-refractivity contribution in [1.82, 2.24) is 10.2 Å². The van der Waals surface area contributed by atoms with Crippen molar-refractivity contribution in [2.24, 2.45) is 0 Å². The molecule has 0 fully saturated rings. The number of nitrogens with one attached hydrogen (secondary N) is 1. The van der Waals surface area contributed by atoms with Crippen LogP contribution in [0.5, 0.6) is 5.75 Å². The maximum atomic E-state index is 13.7. The molecule has 1 atom stereocenters. The van der Waals surface area contributed by atoms with E-state index in [1.807, 2.05) is 43.3 Å². The Kier molecular flexibility index (Phi) is 5.87. The summed E-state index contributed by atoms with van der Waals surface area (Å²) in [5.41, 5.74) is 0.777. The number of carbonyl (C=O) groups excluding carboxylic acids is 1. The fourth-order valence-electron chi connectivity index (χ4n) is 2.41. The van der Waals surface area contributed by atoms with Crippen molar-refractivity contribution in [3.63, 3.8) is 0 Å². The fraction of sp³-hybridized carbons (Fsp3) is 0.278. The lowest BCUT2D eigenvalue weighted by atomic mass is 10.1. The fourth-order valence-corrected chi connectivity index (χ4v) is 2.41. The first-order valence-corrected chi connectivity index (χ1v) is 7.46. The van der Waals surface area contributed by atoms with Gasteiger partial charge in [0.25, 0.3) is 5.91 Å². The van der Waals surface area contributed by atoms with E-state index < -0.39 is 17.5 Å². The monoisotopic (exact) mass is 334 g/mol. The Bertz CT molecular complexity index is 720. The van der Waals surface area contributed by atoms with Crippen LogP contribution in [0, 0.1) is 11.6 Å². The zero-order valence-corrected chi connectivity index (χ0v) is 13.8. The smallest absolute Gasteiger partial charge is 0.254 e. The lowest BCUT2D eigenvalue weighted by molar-refractivity contribution is 0.0938. The zero-order valence-electron chi connectivity index (χ0n) is 13.8. The van der Waals surface area contributed by atoms with Crippen molar-refractivity contribution in [2.75, 3.05) is 27.7 Å². The molecule has 4 nitrogen and oxygen atoms in total. The maximum Gasteiger partial charge on any atom is 0.254 e. The second-order valence-corrected chi connectivity index (χ2v) is 5.59. The van der Waals surface area contributed by atoms with Crippen LogP contribution in [-0.4, -0.2) is 38.6 Å². The lowest BCUT2D eigenvalue weighted by Crippen LogP contribution is -2.34. The van der Waals surface area contributed by atoms with E-state index in [2.05, 4.69) is 5.32 Å². The molecule has 0 bridgehead atoms. The van der Waals surface area contributed by atoms with Crippen molar-refractivity contribution in [1.29, 1.82) is 0 Å². The number of hydrogen-bond donors (Lipinski definition) is 1. The molecule has 0 saturated carbocycles. The molecular weight excluding hydrogens is 314 g/mol. The maximum absolute atomic E-state index is 13.7. The van der Waals surface area contributed by atoms with E-state index in [0.29, 0.717) is 6.07 Å². The van der Waals surface area contributed by atoms with E-state index in [1.165, 1.54) is 0 Å². The van der Waals surface area contributed by atoms with E-state index in [-0.39, 0.29) is 18.2 Å².